The summed E-state index contributed by atoms with van der Waals surface area (Å²) in [6, 6.07) is 5.13. The first-order valence-corrected chi connectivity index (χ1v) is 7.07. The lowest BCUT2D eigenvalue weighted by molar-refractivity contribution is 0.0368. The number of nitrogens with two attached hydrogens (primary N) is 1. The third-order valence-corrected chi connectivity index (χ3v) is 3.64. The van der Waals surface area contributed by atoms with Crippen molar-refractivity contribution < 1.29 is 9.90 Å². The molecule has 1 rings (SSSR count). The lowest BCUT2D eigenvalue weighted by Crippen LogP contribution is -2.41. The van der Waals surface area contributed by atoms with E-state index < -0.39 is 5.60 Å². The summed E-state index contributed by atoms with van der Waals surface area (Å²) in [5, 5.41) is 12.9. The molecule has 5 heteroatoms. The Kier molecular flexibility index (Phi) is 5.38. The van der Waals surface area contributed by atoms with Gasteiger partial charge in [-0.1, -0.05) is 19.9 Å². The van der Waals surface area contributed by atoms with Crippen molar-refractivity contribution in [2.45, 2.75) is 32.8 Å². The van der Waals surface area contributed by atoms with Crippen LogP contribution in [0.5, 0.6) is 0 Å². The van der Waals surface area contributed by atoms with Crippen molar-refractivity contribution in [1.29, 1.82) is 0 Å². The molecule has 1 amide bonds. The number of amides is 1. The molecule has 1 atom stereocenters. The summed E-state index contributed by atoms with van der Waals surface area (Å²) >= 11 is 3.29. The van der Waals surface area contributed by atoms with Crippen LogP contribution in [0.25, 0.3) is 0 Å². The maximum Gasteiger partial charge on any atom is 0.252 e. The van der Waals surface area contributed by atoms with Crippen molar-refractivity contribution >= 4 is 27.5 Å². The van der Waals surface area contributed by atoms with E-state index in [1.807, 2.05) is 13.8 Å². The van der Waals surface area contributed by atoms with Crippen LogP contribution in [0.2, 0.25) is 0 Å². The molecular weight excluding hydrogens is 308 g/mol. The van der Waals surface area contributed by atoms with E-state index in [1.54, 1.807) is 25.1 Å². The molecule has 0 radical (unpaired) electrons. The highest BCUT2D eigenvalue weighted by Gasteiger charge is 2.23. The minimum atomic E-state index is -0.906. The van der Waals surface area contributed by atoms with Gasteiger partial charge in [0.1, 0.15) is 0 Å². The molecule has 1 aromatic rings. The van der Waals surface area contributed by atoms with E-state index in [4.69, 9.17) is 5.73 Å². The van der Waals surface area contributed by atoms with Crippen LogP contribution in [0.4, 0.5) is 5.69 Å². The van der Waals surface area contributed by atoms with Crippen LogP contribution in [0.15, 0.2) is 22.7 Å². The van der Waals surface area contributed by atoms with E-state index in [-0.39, 0.29) is 12.5 Å². The lowest BCUT2D eigenvalue weighted by Gasteiger charge is -2.25. The average Bonchev–Trinajstić information content (AvgIpc) is 2.28. The molecule has 19 heavy (non-hydrogen) atoms. The minimum Gasteiger partial charge on any atom is -0.398 e. The molecule has 4 nitrogen and oxygen atoms in total. The zero-order valence-electron chi connectivity index (χ0n) is 11.5. The number of nitrogen functional groups attached to an aromatic ring is 1. The average molecular weight is 329 g/mol. The Hall–Kier alpha value is -1.07. The van der Waals surface area contributed by atoms with Gasteiger partial charge in [-0.2, -0.15) is 0 Å². The monoisotopic (exact) mass is 328 g/mol. The number of anilines is 1. The summed E-state index contributed by atoms with van der Waals surface area (Å²) in [5.74, 6) is 0.120. The molecule has 1 unspecified atom stereocenters. The van der Waals surface area contributed by atoms with Gasteiger partial charge in [0.25, 0.3) is 5.91 Å². The molecule has 4 N–H and O–H groups in total. The van der Waals surface area contributed by atoms with Crippen molar-refractivity contribution in [2.75, 3.05) is 12.3 Å². The predicted molar refractivity (Wildman–Crippen MR) is 81.0 cm³/mol. The molecule has 0 spiro atoms. The number of carbonyl (C=O) groups excluding carboxylic acids is 1. The Morgan fingerprint density at radius 3 is 2.74 bits per heavy atom. The van der Waals surface area contributed by atoms with Gasteiger partial charge < -0.3 is 16.2 Å². The third-order valence-electron chi connectivity index (χ3n) is 2.75. The number of benzene rings is 1. The highest BCUT2D eigenvalue weighted by atomic mass is 79.9. The molecular formula is C14H21BrN2O2. The van der Waals surface area contributed by atoms with E-state index in [9.17, 15) is 9.90 Å². The van der Waals surface area contributed by atoms with Crippen LogP contribution in [0, 0.1) is 5.92 Å². The van der Waals surface area contributed by atoms with Gasteiger partial charge in [-0.25, -0.2) is 0 Å². The second kappa shape index (κ2) is 6.39. The first-order chi connectivity index (χ1) is 8.73. The quantitative estimate of drug-likeness (QED) is 0.727. The second-order valence-electron chi connectivity index (χ2n) is 5.49. The summed E-state index contributed by atoms with van der Waals surface area (Å²) in [5.41, 5.74) is 5.81. The lowest BCUT2D eigenvalue weighted by atomic mass is 9.94. The molecule has 0 aromatic heterocycles. The number of carbonyl (C=O) groups is 1. The molecule has 0 bridgehead atoms. The molecule has 0 fully saturated rings. The Balaban J connectivity index is 2.68. The standard InChI is InChI=1S/C14H21BrN2O2/c1-9(2)7-14(3,19)8-17-13(18)10-5-4-6-11(16)12(10)15/h4-6,9,19H,7-8,16H2,1-3H3,(H,17,18). The van der Waals surface area contributed by atoms with Crippen LogP contribution >= 0.6 is 15.9 Å². The van der Waals surface area contributed by atoms with Crippen molar-refractivity contribution in [3.8, 4) is 0 Å². The Morgan fingerprint density at radius 2 is 2.16 bits per heavy atom. The molecule has 0 aliphatic heterocycles. The third kappa shape index (κ3) is 4.84. The SMILES string of the molecule is CC(C)CC(C)(O)CNC(=O)c1cccc(N)c1Br. The Bertz CT molecular complexity index is 459. The maximum atomic E-state index is 12.0. The number of rotatable bonds is 5. The zero-order valence-corrected chi connectivity index (χ0v) is 13.1. The highest BCUT2D eigenvalue weighted by Crippen LogP contribution is 2.23. The second-order valence-corrected chi connectivity index (χ2v) is 6.28. The van der Waals surface area contributed by atoms with E-state index in [1.165, 1.54) is 0 Å². The number of hydrogen-bond donors (Lipinski definition) is 3. The van der Waals surface area contributed by atoms with Crippen molar-refractivity contribution in [1.82, 2.24) is 5.32 Å². The fourth-order valence-electron chi connectivity index (χ4n) is 2.04. The van der Waals surface area contributed by atoms with E-state index in [0.717, 1.165) is 0 Å². The molecule has 106 valence electrons. The van der Waals surface area contributed by atoms with Gasteiger partial charge in [-0.15, -0.1) is 0 Å². The molecule has 0 aliphatic carbocycles. The van der Waals surface area contributed by atoms with Gasteiger partial charge in [-0.05, 0) is 47.3 Å². The summed E-state index contributed by atoms with van der Waals surface area (Å²) < 4.78 is 0.580. The van der Waals surface area contributed by atoms with Gasteiger partial charge >= 0.3 is 0 Å². The summed E-state index contributed by atoms with van der Waals surface area (Å²) in [7, 11) is 0. The van der Waals surface area contributed by atoms with Gasteiger partial charge in [-0.3, -0.25) is 4.79 Å². The highest BCUT2D eigenvalue weighted by molar-refractivity contribution is 9.10. The first kappa shape index (κ1) is 16.0. The topological polar surface area (TPSA) is 75.3 Å². The summed E-state index contributed by atoms with van der Waals surface area (Å²) in [4.78, 5) is 12.0. The van der Waals surface area contributed by atoms with Gasteiger partial charge in [0, 0.05) is 12.2 Å². The van der Waals surface area contributed by atoms with Crippen molar-refractivity contribution in [3.05, 3.63) is 28.2 Å². The minimum absolute atomic E-state index is 0.214. The summed E-state index contributed by atoms with van der Waals surface area (Å²) in [6.45, 7) is 6.00. The molecule has 0 saturated carbocycles. The molecule has 0 aliphatic rings. The summed E-state index contributed by atoms with van der Waals surface area (Å²) in [6.07, 6.45) is 0.630. The van der Waals surface area contributed by atoms with E-state index in [2.05, 4.69) is 21.2 Å². The molecule has 1 aromatic carbocycles. The van der Waals surface area contributed by atoms with E-state index in [0.29, 0.717) is 28.1 Å². The predicted octanol–water partition coefficient (Wildman–Crippen LogP) is 2.56. The van der Waals surface area contributed by atoms with Crippen LogP contribution in [-0.2, 0) is 0 Å². The van der Waals surface area contributed by atoms with Crippen LogP contribution in [0.1, 0.15) is 37.6 Å². The Morgan fingerprint density at radius 1 is 1.53 bits per heavy atom. The largest absolute Gasteiger partial charge is 0.398 e. The Labute approximate surface area is 122 Å². The molecule has 0 heterocycles. The van der Waals surface area contributed by atoms with Crippen LogP contribution in [-0.4, -0.2) is 23.2 Å². The van der Waals surface area contributed by atoms with Gasteiger partial charge in [0.05, 0.1) is 15.6 Å². The van der Waals surface area contributed by atoms with Gasteiger partial charge in [0.15, 0.2) is 0 Å². The van der Waals surface area contributed by atoms with Crippen LogP contribution in [0.3, 0.4) is 0 Å². The fourth-order valence-corrected chi connectivity index (χ4v) is 2.49. The van der Waals surface area contributed by atoms with E-state index >= 15 is 0 Å². The molecule has 0 saturated heterocycles. The number of nitrogens with one attached hydrogen (secondary N) is 1. The fraction of sp³-hybridized carbons (Fsp3) is 0.500. The van der Waals surface area contributed by atoms with Crippen molar-refractivity contribution in [3.63, 3.8) is 0 Å². The van der Waals surface area contributed by atoms with Crippen molar-refractivity contribution in [2.24, 2.45) is 5.92 Å². The number of halogens is 1. The number of aliphatic hydroxyl groups is 1. The smallest absolute Gasteiger partial charge is 0.252 e. The normalized spacial score (nSPS) is 14.2. The van der Waals surface area contributed by atoms with Crippen LogP contribution < -0.4 is 11.1 Å². The zero-order chi connectivity index (χ0) is 14.6. The first-order valence-electron chi connectivity index (χ1n) is 6.27. The maximum absolute atomic E-state index is 12.0. The van der Waals surface area contributed by atoms with Gasteiger partial charge in [0.2, 0.25) is 0 Å². The number of hydrogen-bond acceptors (Lipinski definition) is 3.